The first kappa shape index (κ1) is 42.2. The summed E-state index contributed by atoms with van der Waals surface area (Å²) in [7, 11) is 0. The lowest BCUT2D eigenvalue weighted by atomic mass is 9.55. The summed E-state index contributed by atoms with van der Waals surface area (Å²) in [5.41, 5.74) is -4.10. The second-order valence-electron chi connectivity index (χ2n) is 14.0. The van der Waals surface area contributed by atoms with Gasteiger partial charge < -0.3 is 23.7 Å². The van der Waals surface area contributed by atoms with E-state index in [0.29, 0.717) is 56.7 Å². The minimum absolute atomic E-state index is 0.0197. The molecule has 296 valence electrons. The van der Waals surface area contributed by atoms with Gasteiger partial charge in [0, 0.05) is 25.9 Å². The van der Waals surface area contributed by atoms with Crippen molar-refractivity contribution in [1.29, 1.82) is 0 Å². The average Bonchev–Trinajstić information content (AvgIpc) is 3.38. The standard InChI is InChI=1S/C36H47F9O7/c1-3-49-31(47)7-4-6-24(46)15-19-48-20-21-50-25-9-11-26-23(22-25)8-10-28-27(26)14-16-32(2)29(28)12-13-30(32)51-17-5-18-52-33(34(37,38)39,35(40,41)42)36(43,44)45/h9,11,22,27-30H,3-8,10,12-21H2,1-2H3/t27-,28-,29+,30+,32+/m1/s1. The summed E-state index contributed by atoms with van der Waals surface area (Å²) in [4.78, 5) is 23.3. The number of carbonyl (C=O) groups excluding carboxylic acids is 2. The number of benzene rings is 1. The molecule has 2 saturated carbocycles. The van der Waals surface area contributed by atoms with Crippen LogP contribution in [0, 0.1) is 17.3 Å². The highest BCUT2D eigenvalue weighted by atomic mass is 19.4. The van der Waals surface area contributed by atoms with Gasteiger partial charge in [0.15, 0.2) is 0 Å². The van der Waals surface area contributed by atoms with E-state index in [1.54, 1.807) is 6.92 Å². The number of alkyl halides is 9. The average molecular weight is 763 g/mol. The van der Waals surface area contributed by atoms with Crippen LogP contribution in [0.5, 0.6) is 5.75 Å². The van der Waals surface area contributed by atoms with Crippen LogP contribution >= 0.6 is 0 Å². The van der Waals surface area contributed by atoms with E-state index in [2.05, 4.69) is 17.7 Å². The smallest absolute Gasteiger partial charge is 0.435 e. The molecule has 3 aliphatic carbocycles. The molecule has 0 N–H and O–H groups in total. The van der Waals surface area contributed by atoms with E-state index in [0.717, 1.165) is 32.1 Å². The fraction of sp³-hybridized carbons (Fsp3) is 0.778. The van der Waals surface area contributed by atoms with Gasteiger partial charge in [-0.1, -0.05) is 13.0 Å². The number of halogens is 9. The molecule has 1 aromatic carbocycles. The molecule has 16 heteroatoms. The molecule has 0 aromatic heterocycles. The topological polar surface area (TPSA) is 80.3 Å². The molecule has 0 amide bonds. The summed E-state index contributed by atoms with van der Waals surface area (Å²) in [6, 6.07) is 6.06. The largest absolute Gasteiger partial charge is 0.491 e. The molecule has 7 nitrogen and oxygen atoms in total. The summed E-state index contributed by atoms with van der Waals surface area (Å²) in [5.74, 6) is 1.35. The molecule has 0 radical (unpaired) electrons. The summed E-state index contributed by atoms with van der Waals surface area (Å²) in [6.07, 6.45) is -15.1. The zero-order valence-electron chi connectivity index (χ0n) is 29.3. The molecule has 0 saturated heterocycles. The minimum atomic E-state index is -6.75. The number of aryl methyl sites for hydroxylation is 1. The third kappa shape index (κ3) is 9.37. The Morgan fingerprint density at radius 3 is 2.19 bits per heavy atom. The van der Waals surface area contributed by atoms with Gasteiger partial charge in [-0.3, -0.25) is 9.59 Å². The molecule has 1 aromatic rings. The zero-order valence-corrected chi connectivity index (χ0v) is 29.3. The van der Waals surface area contributed by atoms with E-state index in [-0.39, 0.29) is 55.2 Å². The molecule has 5 atom stereocenters. The maximum Gasteiger partial charge on any atom is 0.435 e. The summed E-state index contributed by atoms with van der Waals surface area (Å²) < 4.78 is 144. The van der Waals surface area contributed by atoms with E-state index in [1.807, 2.05) is 12.1 Å². The zero-order chi connectivity index (χ0) is 38.4. The molecule has 0 aliphatic heterocycles. The van der Waals surface area contributed by atoms with Crippen LogP contribution < -0.4 is 4.74 Å². The van der Waals surface area contributed by atoms with Gasteiger partial charge in [0.25, 0.3) is 0 Å². The lowest BCUT2D eigenvalue weighted by Gasteiger charge is -2.50. The number of hydrogen-bond acceptors (Lipinski definition) is 7. The first-order chi connectivity index (χ1) is 24.4. The van der Waals surface area contributed by atoms with E-state index in [4.69, 9.17) is 18.9 Å². The van der Waals surface area contributed by atoms with Gasteiger partial charge in [-0.2, -0.15) is 39.5 Å². The summed E-state index contributed by atoms with van der Waals surface area (Å²) >= 11 is 0. The van der Waals surface area contributed by atoms with Crippen molar-refractivity contribution in [2.75, 3.05) is 39.6 Å². The quantitative estimate of drug-likeness (QED) is 0.0841. The van der Waals surface area contributed by atoms with Crippen LogP contribution in [0.1, 0.15) is 95.1 Å². The normalized spacial score (nSPS) is 24.9. The lowest BCUT2D eigenvalue weighted by molar-refractivity contribution is -0.457. The van der Waals surface area contributed by atoms with Crippen LogP contribution in [-0.2, 0) is 35.0 Å². The molecule has 0 heterocycles. The second kappa shape index (κ2) is 17.3. The van der Waals surface area contributed by atoms with Gasteiger partial charge in [0.05, 0.1) is 32.5 Å². The Morgan fingerprint density at radius 2 is 1.52 bits per heavy atom. The van der Waals surface area contributed by atoms with E-state index < -0.39 is 37.2 Å². The number of fused-ring (bicyclic) bond motifs is 5. The highest BCUT2D eigenvalue weighted by molar-refractivity contribution is 5.79. The third-order valence-electron chi connectivity index (χ3n) is 10.9. The molecule has 2 fully saturated rings. The predicted molar refractivity (Wildman–Crippen MR) is 169 cm³/mol. The maximum absolute atomic E-state index is 13.1. The lowest BCUT2D eigenvalue weighted by Crippen LogP contribution is -2.67. The Kier molecular flexibility index (Phi) is 14.0. The Labute approximate surface area is 297 Å². The van der Waals surface area contributed by atoms with Crippen molar-refractivity contribution < 1.29 is 72.8 Å². The number of rotatable bonds is 18. The van der Waals surface area contributed by atoms with Crippen LogP contribution in [0.2, 0.25) is 0 Å². The van der Waals surface area contributed by atoms with Gasteiger partial charge in [0.2, 0.25) is 0 Å². The minimum Gasteiger partial charge on any atom is -0.491 e. The third-order valence-corrected chi connectivity index (χ3v) is 10.9. The highest BCUT2D eigenvalue weighted by Gasteiger charge is 2.85. The Balaban J connectivity index is 1.21. The number of Topliss-reactive ketones (excluding diaryl/α,β-unsaturated/α-hetero) is 1. The first-order valence-electron chi connectivity index (χ1n) is 17.8. The highest BCUT2D eigenvalue weighted by Crippen LogP contribution is 2.62. The molecule has 4 rings (SSSR count). The van der Waals surface area contributed by atoms with Crippen molar-refractivity contribution in [3.63, 3.8) is 0 Å². The van der Waals surface area contributed by atoms with E-state index in [9.17, 15) is 49.1 Å². The van der Waals surface area contributed by atoms with E-state index in [1.165, 1.54) is 11.1 Å². The van der Waals surface area contributed by atoms with Gasteiger partial charge in [-0.15, -0.1) is 0 Å². The van der Waals surface area contributed by atoms with Gasteiger partial charge in [-0.25, -0.2) is 0 Å². The Morgan fingerprint density at radius 1 is 0.808 bits per heavy atom. The van der Waals surface area contributed by atoms with Crippen molar-refractivity contribution in [2.45, 2.75) is 121 Å². The fourth-order valence-corrected chi connectivity index (χ4v) is 8.41. The molecular weight excluding hydrogens is 715 g/mol. The monoisotopic (exact) mass is 762 g/mol. The van der Waals surface area contributed by atoms with Gasteiger partial charge in [-0.05, 0) is 105 Å². The first-order valence-corrected chi connectivity index (χ1v) is 17.8. The molecule has 0 spiro atoms. The number of esters is 1. The van der Waals surface area contributed by atoms with Crippen LogP contribution in [0.4, 0.5) is 39.5 Å². The number of hydrogen-bond donors (Lipinski definition) is 0. The molecule has 0 unspecified atom stereocenters. The van der Waals surface area contributed by atoms with Crippen LogP contribution in [0.25, 0.3) is 0 Å². The number of ether oxygens (including phenoxy) is 5. The van der Waals surface area contributed by atoms with Crippen molar-refractivity contribution in [3.8, 4) is 5.75 Å². The molecular formula is C36H47F9O7. The van der Waals surface area contributed by atoms with Crippen molar-refractivity contribution in [2.24, 2.45) is 17.3 Å². The predicted octanol–water partition coefficient (Wildman–Crippen LogP) is 8.85. The fourth-order valence-electron chi connectivity index (χ4n) is 8.41. The van der Waals surface area contributed by atoms with Gasteiger partial charge >= 0.3 is 30.1 Å². The summed E-state index contributed by atoms with van der Waals surface area (Å²) in [5, 5.41) is 0. The maximum atomic E-state index is 13.1. The number of ketones is 1. The van der Waals surface area contributed by atoms with Crippen LogP contribution in [0.3, 0.4) is 0 Å². The summed E-state index contributed by atoms with van der Waals surface area (Å²) in [6.45, 7) is 3.24. The number of carbonyl (C=O) groups is 2. The van der Waals surface area contributed by atoms with Crippen molar-refractivity contribution >= 4 is 11.8 Å². The Bertz CT molecular complexity index is 1310. The molecule has 52 heavy (non-hydrogen) atoms. The van der Waals surface area contributed by atoms with Crippen molar-refractivity contribution in [3.05, 3.63) is 29.3 Å². The molecule has 0 bridgehead atoms. The Hall–Kier alpha value is -2.59. The van der Waals surface area contributed by atoms with Crippen LogP contribution in [0.15, 0.2) is 18.2 Å². The van der Waals surface area contributed by atoms with Gasteiger partial charge in [0.1, 0.15) is 18.1 Å². The van der Waals surface area contributed by atoms with Crippen LogP contribution in [-0.4, -0.2) is 81.6 Å². The van der Waals surface area contributed by atoms with E-state index >= 15 is 0 Å². The second-order valence-corrected chi connectivity index (χ2v) is 14.0. The SMILES string of the molecule is CCOC(=O)CCCC(=O)CCOCCOc1ccc2c(c1)CC[C@@H]1[C@@H]2CC[C@]2(C)[C@@H](OCCCOC(C(F)(F)F)(C(F)(F)F)C(F)(F)F)CC[C@@H]12. The molecule has 3 aliphatic rings. The van der Waals surface area contributed by atoms with Crippen molar-refractivity contribution in [1.82, 2.24) is 0 Å².